The molecule has 6 heteroatoms. The maximum absolute atomic E-state index is 13.1. The number of ether oxygens (including phenoxy) is 2. The number of aromatic nitrogens is 1. The molecule has 6 nitrogen and oxygen atoms in total. The van der Waals surface area contributed by atoms with Crippen LogP contribution in [-0.4, -0.2) is 23.9 Å². The lowest BCUT2D eigenvalue weighted by Crippen LogP contribution is -2.18. The standard InChI is InChI=1S/C28H25N3O3/c1-3-18(2)20-9-11-21(12-10-20)25-15-23(22-6-4-5-7-24(22)30-25)28(32)31-29-16-19-8-13-26-27(14-19)34-17-33-26/h4-16,18H,3,17H2,1-2H3,(H,31,32)/b29-16-. The molecule has 0 saturated carbocycles. The van der Waals surface area contributed by atoms with E-state index in [4.69, 9.17) is 14.5 Å². The Balaban J connectivity index is 1.42. The fourth-order valence-electron chi connectivity index (χ4n) is 3.95. The van der Waals surface area contributed by atoms with E-state index in [2.05, 4.69) is 48.6 Å². The van der Waals surface area contributed by atoms with Gasteiger partial charge < -0.3 is 9.47 Å². The molecule has 4 aromatic rings. The molecule has 1 unspecified atom stereocenters. The number of hydrogen-bond donors (Lipinski definition) is 1. The zero-order valence-corrected chi connectivity index (χ0v) is 19.1. The third-order valence-electron chi connectivity index (χ3n) is 6.13. The molecule has 2 heterocycles. The van der Waals surface area contributed by atoms with Gasteiger partial charge in [0.15, 0.2) is 11.5 Å². The lowest BCUT2D eigenvalue weighted by molar-refractivity contribution is 0.0956. The first kappa shape index (κ1) is 21.6. The van der Waals surface area contributed by atoms with E-state index in [1.165, 1.54) is 5.56 Å². The van der Waals surface area contributed by atoms with Crippen molar-refractivity contribution >= 4 is 23.0 Å². The Morgan fingerprint density at radius 2 is 1.85 bits per heavy atom. The summed E-state index contributed by atoms with van der Waals surface area (Å²) in [6, 6.07) is 23.4. The van der Waals surface area contributed by atoms with Crippen molar-refractivity contribution in [3.05, 3.63) is 89.5 Å². The van der Waals surface area contributed by atoms with Crippen molar-refractivity contribution in [1.29, 1.82) is 0 Å². The molecular formula is C28H25N3O3. The summed E-state index contributed by atoms with van der Waals surface area (Å²) in [6.07, 6.45) is 2.67. The van der Waals surface area contributed by atoms with Crippen LogP contribution >= 0.6 is 0 Å². The fraction of sp³-hybridized carbons (Fsp3) is 0.179. The Hall–Kier alpha value is -4.19. The van der Waals surface area contributed by atoms with Crippen LogP contribution in [0.15, 0.2) is 77.9 Å². The zero-order valence-electron chi connectivity index (χ0n) is 19.1. The van der Waals surface area contributed by atoms with Crippen LogP contribution in [0.5, 0.6) is 11.5 Å². The van der Waals surface area contributed by atoms with Crippen LogP contribution in [0.1, 0.15) is 47.7 Å². The summed E-state index contributed by atoms with van der Waals surface area (Å²) in [5.41, 5.74) is 7.74. The topological polar surface area (TPSA) is 72.8 Å². The van der Waals surface area contributed by atoms with Gasteiger partial charge in [0.25, 0.3) is 5.91 Å². The van der Waals surface area contributed by atoms with Gasteiger partial charge in [-0.05, 0) is 53.8 Å². The van der Waals surface area contributed by atoms with Gasteiger partial charge in [-0.3, -0.25) is 4.79 Å². The Morgan fingerprint density at radius 1 is 1.06 bits per heavy atom. The summed E-state index contributed by atoms with van der Waals surface area (Å²) in [4.78, 5) is 17.9. The second-order valence-electron chi connectivity index (χ2n) is 8.32. The number of pyridine rings is 1. The number of fused-ring (bicyclic) bond motifs is 2. The minimum absolute atomic E-state index is 0.213. The molecule has 1 aromatic heterocycles. The van der Waals surface area contributed by atoms with Crippen LogP contribution in [-0.2, 0) is 0 Å². The van der Waals surface area contributed by atoms with Crippen LogP contribution in [0.4, 0.5) is 0 Å². The maximum Gasteiger partial charge on any atom is 0.272 e. The van der Waals surface area contributed by atoms with Gasteiger partial charge in [0, 0.05) is 10.9 Å². The van der Waals surface area contributed by atoms with Crippen LogP contribution in [0.25, 0.3) is 22.2 Å². The summed E-state index contributed by atoms with van der Waals surface area (Å²) in [6.45, 7) is 4.61. The quantitative estimate of drug-likeness (QED) is 0.292. The molecule has 1 aliphatic rings. The molecule has 0 spiro atoms. The van der Waals surface area contributed by atoms with Crippen LogP contribution in [0.2, 0.25) is 0 Å². The van der Waals surface area contributed by atoms with E-state index in [0.717, 1.165) is 34.1 Å². The average Bonchev–Trinajstić information content (AvgIpc) is 3.35. The summed E-state index contributed by atoms with van der Waals surface area (Å²) in [7, 11) is 0. The van der Waals surface area contributed by atoms with E-state index in [1.54, 1.807) is 6.21 Å². The number of para-hydroxylation sites is 1. The Kier molecular flexibility index (Phi) is 5.95. The van der Waals surface area contributed by atoms with Crippen molar-refractivity contribution in [2.45, 2.75) is 26.2 Å². The van der Waals surface area contributed by atoms with E-state index >= 15 is 0 Å². The SMILES string of the molecule is CCC(C)c1ccc(-c2cc(C(=O)N/N=C\c3ccc4c(c3)OCO4)c3ccccc3n2)cc1. The molecule has 1 aliphatic heterocycles. The molecule has 0 aliphatic carbocycles. The van der Waals surface area contributed by atoms with E-state index in [0.29, 0.717) is 23.0 Å². The van der Waals surface area contributed by atoms with Crippen molar-refractivity contribution in [3.63, 3.8) is 0 Å². The maximum atomic E-state index is 13.1. The van der Waals surface area contributed by atoms with E-state index in [-0.39, 0.29) is 12.7 Å². The first-order valence-electron chi connectivity index (χ1n) is 11.4. The smallest absolute Gasteiger partial charge is 0.272 e. The molecule has 1 atom stereocenters. The molecular weight excluding hydrogens is 426 g/mol. The largest absolute Gasteiger partial charge is 0.454 e. The summed E-state index contributed by atoms with van der Waals surface area (Å²) >= 11 is 0. The molecule has 1 N–H and O–H groups in total. The Labute approximate surface area is 198 Å². The van der Waals surface area contributed by atoms with Gasteiger partial charge in [-0.25, -0.2) is 10.4 Å². The summed E-state index contributed by atoms with van der Waals surface area (Å²) < 4.78 is 10.7. The van der Waals surface area contributed by atoms with Crippen LogP contribution in [0, 0.1) is 0 Å². The molecule has 5 rings (SSSR count). The van der Waals surface area contributed by atoms with Gasteiger partial charge >= 0.3 is 0 Å². The summed E-state index contributed by atoms with van der Waals surface area (Å²) in [5, 5.41) is 4.93. The molecule has 170 valence electrons. The highest BCUT2D eigenvalue weighted by Gasteiger charge is 2.15. The highest BCUT2D eigenvalue weighted by Crippen LogP contribution is 2.32. The number of carbonyl (C=O) groups excluding carboxylic acids is 1. The lowest BCUT2D eigenvalue weighted by atomic mass is 9.96. The monoisotopic (exact) mass is 451 g/mol. The number of nitrogens with zero attached hydrogens (tertiary/aromatic N) is 2. The normalized spacial score (nSPS) is 13.4. The van der Waals surface area contributed by atoms with Crippen LogP contribution < -0.4 is 14.9 Å². The highest BCUT2D eigenvalue weighted by atomic mass is 16.7. The van der Waals surface area contributed by atoms with E-state index in [9.17, 15) is 4.79 Å². The van der Waals surface area contributed by atoms with Gasteiger partial charge in [-0.15, -0.1) is 0 Å². The third kappa shape index (κ3) is 4.35. The first-order valence-corrected chi connectivity index (χ1v) is 11.4. The highest BCUT2D eigenvalue weighted by molar-refractivity contribution is 6.07. The minimum atomic E-state index is -0.298. The molecule has 0 radical (unpaired) electrons. The van der Waals surface area contributed by atoms with Gasteiger partial charge in [-0.1, -0.05) is 56.3 Å². The molecule has 0 fully saturated rings. The molecule has 0 bridgehead atoms. The summed E-state index contributed by atoms with van der Waals surface area (Å²) in [5.74, 6) is 1.57. The van der Waals surface area contributed by atoms with E-state index < -0.39 is 0 Å². The number of rotatable bonds is 6. The van der Waals surface area contributed by atoms with Crippen LogP contribution in [0.3, 0.4) is 0 Å². The van der Waals surface area contributed by atoms with Gasteiger partial charge in [-0.2, -0.15) is 5.10 Å². The molecule has 3 aromatic carbocycles. The number of nitrogens with one attached hydrogen (secondary N) is 1. The first-order chi connectivity index (χ1) is 16.6. The molecule has 34 heavy (non-hydrogen) atoms. The van der Waals surface area contributed by atoms with Crippen molar-refractivity contribution in [2.24, 2.45) is 5.10 Å². The van der Waals surface area contributed by atoms with Crippen molar-refractivity contribution in [2.75, 3.05) is 6.79 Å². The number of hydrazone groups is 1. The second kappa shape index (κ2) is 9.35. The van der Waals surface area contributed by atoms with Gasteiger partial charge in [0.2, 0.25) is 6.79 Å². The zero-order chi connectivity index (χ0) is 23.5. The van der Waals surface area contributed by atoms with E-state index in [1.807, 2.05) is 48.5 Å². The van der Waals surface area contributed by atoms with Gasteiger partial charge in [0.05, 0.1) is 23.0 Å². The molecule has 0 saturated heterocycles. The number of amides is 1. The predicted molar refractivity (Wildman–Crippen MR) is 134 cm³/mol. The second-order valence-corrected chi connectivity index (χ2v) is 8.32. The fourth-order valence-corrected chi connectivity index (χ4v) is 3.95. The average molecular weight is 452 g/mol. The lowest BCUT2D eigenvalue weighted by Gasteiger charge is -2.11. The predicted octanol–water partition coefficient (Wildman–Crippen LogP) is 5.91. The third-order valence-corrected chi connectivity index (χ3v) is 6.13. The van der Waals surface area contributed by atoms with Crippen molar-refractivity contribution < 1.29 is 14.3 Å². The number of carbonyl (C=O) groups is 1. The van der Waals surface area contributed by atoms with Crippen molar-refractivity contribution in [1.82, 2.24) is 10.4 Å². The minimum Gasteiger partial charge on any atom is -0.454 e. The number of hydrogen-bond acceptors (Lipinski definition) is 5. The van der Waals surface area contributed by atoms with Gasteiger partial charge in [0.1, 0.15) is 0 Å². The Morgan fingerprint density at radius 3 is 2.68 bits per heavy atom. The number of benzene rings is 3. The Bertz CT molecular complexity index is 1380. The van der Waals surface area contributed by atoms with Crippen molar-refractivity contribution in [3.8, 4) is 22.8 Å². The molecule has 1 amide bonds.